The summed E-state index contributed by atoms with van der Waals surface area (Å²) in [5.74, 6) is 0. The number of anilines is 1. The average molecular weight is 210 g/mol. The van der Waals surface area contributed by atoms with Crippen molar-refractivity contribution in [2.75, 3.05) is 25.0 Å². The van der Waals surface area contributed by atoms with E-state index in [1.165, 1.54) is 30.0 Å². The van der Waals surface area contributed by atoms with E-state index in [4.69, 9.17) is 0 Å². The lowest BCUT2D eigenvalue weighted by atomic mass is 10.1. The quantitative estimate of drug-likeness (QED) is 0.805. The van der Waals surface area contributed by atoms with Gasteiger partial charge in [-0.25, -0.2) is 0 Å². The van der Waals surface area contributed by atoms with Crippen LogP contribution < -0.4 is 10.2 Å². The van der Waals surface area contributed by atoms with Crippen molar-refractivity contribution >= 4 is 16.3 Å². The Morgan fingerprint density at radius 3 is 3.00 bits per heavy atom. The summed E-state index contributed by atoms with van der Waals surface area (Å²) >= 11 is 1.85. The van der Waals surface area contributed by atoms with Gasteiger partial charge in [0.2, 0.25) is 0 Å². The molecule has 0 amide bonds. The molecule has 2 heterocycles. The molecular weight excluding hydrogens is 192 g/mol. The van der Waals surface area contributed by atoms with Crippen molar-refractivity contribution in [3.8, 4) is 0 Å². The van der Waals surface area contributed by atoms with Gasteiger partial charge in [0, 0.05) is 19.6 Å². The molecule has 1 aliphatic heterocycles. The number of aryl methyl sites for hydroxylation is 1. The van der Waals surface area contributed by atoms with Crippen LogP contribution in [0.4, 0.5) is 5.00 Å². The molecule has 1 N–H and O–H groups in total. The number of hydrogen-bond acceptors (Lipinski definition) is 3. The molecule has 0 saturated carbocycles. The third-order valence-electron chi connectivity index (χ3n) is 2.97. The predicted molar refractivity (Wildman–Crippen MR) is 63.4 cm³/mol. The van der Waals surface area contributed by atoms with Crippen LogP contribution in [-0.2, 0) is 0 Å². The number of rotatable bonds is 2. The fourth-order valence-electron chi connectivity index (χ4n) is 2.06. The second kappa shape index (κ2) is 4.32. The normalized spacial score (nSPS) is 22.3. The number of nitrogens with zero attached hydrogens (tertiary/aromatic N) is 1. The van der Waals surface area contributed by atoms with E-state index in [-0.39, 0.29) is 0 Å². The molecule has 1 atom stereocenters. The second-order valence-electron chi connectivity index (χ2n) is 4.02. The van der Waals surface area contributed by atoms with Gasteiger partial charge in [0.05, 0.1) is 5.00 Å². The third-order valence-corrected chi connectivity index (χ3v) is 4.08. The van der Waals surface area contributed by atoms with Crippen LogP contribution in [0.1, 0.15) is 18.4 Å². The van der Waals surface area contributed by atoms with Gasteiger partial charge >= 0.3 is 0 Å². The smallest absolute Gasteiger partial charge is 0.0938 e. The number of piperidine rings is 1. The van der Waals surface area contributed by atoms with Crippen molar-refractivity contribution in [1.29, 1.82) is 0 Å². The summed E-state index contributed by atoms with van der Waals surface area (Å²) in [6.07, 6.45) is 2.63. The lowest BCUT2D eigenvalue weighted by Gasteiger charge is -2.32. The van der Waals surface area contributed by atoms with Crippen LogP contribution in [0.3, 0.4) is 0 Å². The Labute approximate surface area is 89.9 Å². The van der Waals surface area contributed by atoms with Crippen molar-refractivity contribution in [1.82, 2.24) is 5.32 Å². The van der Waals surface area contributed by atoms with E-state index in [9.17, 15) is 0 Å². The summed E-state index contributed by atoms with van der Waals surface area (Å²) < 4.78 is 0. The molecule has 2 nitrogen and oxygen atoms in total. The van der Waals surface area contributed by atoms with Crippen LogP contribution >= 0.6 is 11.3 Å². The Bertz CT molecular complexity index is 289. The molecular formula is C11H18N2S. The van der Waals surface area contributed by atoms with E-state index in [0.29, 0.717) is 6.04 Å². The molecule has 0 spiro atoms. The molecule has 1 aliphatic rings. The molecule has 0 aliphatic carbocycles. The van der Waals surface area contributed by atoms with Crippen molar-refractivity contribution in [3.63, 3.8) is 0 Å². The Balaban J connectivity index is 2.07. The van der Waals surface area contributed by atoms with E-state index >= 15 is 0 Å². The maximum absolute atomic E-state index is 3.46. The molecule has 0 bridgehead atoms. The third kappa shape index (κ3) is 1.93. The monoisotopic (exact) mass is 210 g/mol. The van der Waals surface area contributed by atoms with Crippen molar-refractivity contribution < 1.29 is 0 Å². The zero-order chi connectivity index (χ0) is 9.97. The standard InChI is InChI=1S/C11H18N2S/c1-9-5-7-14-11(9)13(2)10-4-3-6-12-8-10/h5,7,10,12H,3-4,6,8H2,1-2H3. The van der Waals surface area contributed by atoms with Crippen LogP contribution in [-0.4, -0.2) is 26.2 Å². The molecule has 0 aromatic carbocycles. The van der Waals surface area contributed by atoms with Crippen molar-refractivity contribution in [2.24, 2.45) is 0 Å². The molecule has 1 aromatic rings. The maximum atomic E-state index is 3.46. The van der Waals surface area contributed by atoms with Gasteiger partial charge in [0.25, 0.3) is 0 Å². The van der Waals surface area contributed by atoms with Gasteiger partial charge < -0.3 is 10.2 Å². The largest absolute Gasteiger partial charge is 0.362 e. The highest BCUT2D eigenvalue weighted by molar-refractivity contribution is 7.14. The van der Waals surface area contributed by atoms with Crippen molar-refractivity contribution in [3.05, 3.63) is 17.0 Å². The van der Waals surface area contributed by atoms with Crippen LogP contribution in [0.5, 0.6) is 0 Å². The molecule has 78 valence electrons. The summed E-state index contributed by atoms with van der Waals surface area (Å²) in [6.45, 7) is 4.51. The topological polar surface area (TPSA) is 15.3 Å². The second-order valence-corrected chi connectivity index (χ2v) is 4.91. The van der Waals surface area contributed by atoms with Crippen LogP contribution in [0.2, 0.25) is 0 Å². The van der Waals surface area contributed by atoms with Gasteiger partial charge in [-0.15, -0.1) is 11.3 Å². The minimum Gasteiger partial charge on any atom is -0.362 e. The van der Waals surface area contributed by atoms with Gasteiger partial charge in [0.15, 0.2) is 0 Å². The SMILES string of the molecule is Cc1ccsc1N(C)C1CCCNC1. The highest BCUT2D eigenvalue weighted by atomic mass is 32.1. The molecule has 2 rings (SSSR count). The predicted octanol–water partition coefficient (Wildman–Crippen LogP) is 2.24. The molecule has 3 heteroatoms. The Kier molecular flexibility index (Phi) is 3.08. The minimum absolute atomic E-state index is 0.682. The molecule has 1 unspecified atom stereocenters. The number of likely N-dealkylation sites (N-methyl/N-ethyl adjacent to an activating group) is 1. The fraction of sp³-hybridized carbons (Fsp3) is 0.636. The first-order chi connectivity index (χ1) is 6.79. The van der Waals surface area contributed by atoms with Gasteiger partial charge in [0.1, 0.15) is 0 Å². The summed E-state index contributed by atoms with van der Waals surface area (Å²) in [5.41, 5.74) is 1.41. The summed E-state index contributed by atoms with van der Waals surface area (Å²) in [6, 6.07) is 2.88. The molecule has 14 heavy (non-hydrogen) atoms. The number of hydrogen-bond donors (Lipinski definition) is 1. The Morgan fingerprint density at radius 2 is 2.43 bits per heavy atom. The number of thiophene rings is 1. The first-order valence-electron chi connectivity index (χ1n) is 5.26. The van der Waals surface area contributed by atoms with Gasteiger partial charge in [-0.05, 0) is 43.3 Å². The van der Waals surface area contributed by atoms with Crippen molar-refractivity contribution in [2.45, 2.75) is 25.8 Å². The van der Waals surface area contributed by atoms with Crippen LogP contribution in [0.25, 0.3) is 0 Å². The van der Waals surface area contributed by atoms with Crippen LogP contribution in [0, 0.1) is 6.92 Å². The summed E-state index contributed by atoms with van der Waals surface area (Å²) in [5, 5.41) is 7.07. The lowest BCUT2D eigenvalue weighted by molar-refractivity contribution is 0.446. The lowest BCUT2D eigenvalue weighted by Crippen LogP contribution is -2.44. The van der Waals surface area contributed by atoms with Gasteiger partial charge in [-0.1, -0.05) is 0 Å². The highest BCUT2D eigenvalue weighted by Gasteiger charge is 2.19. The maximum Gasteiger partial charge on any atom is 0.0938 e. The summed E-state index contributed by atoms with van der Waals surface area (Å²) in [4.78, 5) is 2.44. The molecule has 1 saturated heterocycles. The first-order valence-corrected chi connectivity index (χ1v) is 6.14. The Hall–Kier alpha value is -0.540. The fourth-order valence-corrected chi connectivity index (χ4v) is 3.03. The van der Waals surface area contributed by atoms with E-state index in [2.05, 4.69) is 35.6 Å². The van der Waals surface area contributed by atoms with Gasteiger partial charge in [-0.3, -0.25) is 0 Å². The highest BCUT2D eigenvalue weighted by Crippen LogP contribution is 2.28. The van der Waals surface area contributed by atoms with E-state index < -0.39 is 0 Å². The minimum atomic E-state index is 0.682. The van der Waals surface area contributed by atoms with Gasteiger partial charge in [-0.2, -0.15) is 0 Å². The zero-order valence-electron chi connectivity index (χ0n) is 8.92. The Morgan fingerprint density at radius 1 is 1.57 bits per heavy atom. The average Bonchev–Trinajstić information content (AvgIpc) is 2.65. The summed E-state index contributed by atoms with van der Waals surface area (Å²) in [7, 11) is 2.22. The first kappa shape index (κ1) is 9.99. The van der Waals surface area contributed by atoms with Crippen LogP contribution in [0.15, 0.2) is 11.4 Å². The molecule has 1 fully saturated rings. The molecule has 0 radical (unpaired) electrons. The van der Waals surface area contributed by atoms with E-state index in [1.54, 1.807) is 0 Å². The molecule has 1 aromatic heterocycles. The van der Waals surface area contributed by atoms with E-state index in [1.807, 2.05) is 11.3 Å². The zero-order valence-corrected chi connectivity index (χ0v) is 9.73. The van der Waals surface area contributed by atoms with E-state index in [0.717, 1.165) is 6.54 Å². The number of nitrogens with one attached hydrogen (secondary N) is 1.